The normalized spacial score (nSPS) is 10.5. The third-order valence-corrected chi connectivity index (χ3v) is 3.77. The van der Waals surface area contributed by atoms with E-state index in [1.165, 1.54) is 11.1 Å². The highest BCUT2D eigenvalue weighted by atomic mass is 79.9. The maximum Gasteiger partial charge on any atom is 0.119 e. The van der Waals surface area contributed by atoms with Gasteiger partial charge in [-0.2, -0.15) is 0 Å². The van der Waals surface area contributed by atoms with Crippen LogP contribution in [-0.2, 0) is 13.0 Å². The first-order valence-corrected chi connectivity index (χ1v) is 7.59. The lowest BCUT2D eigenvalue weighted by molar-refractivity contribution is 0.321. The summed E-state index contributed by atoms with van der Waals surface area (Å²) in [6.45, 7) is 4.58. The van der Waals surface area contributed by atoms with Crippen molar-refractivity contribution in [1.82, 2.24) is 10.3 Å². The molecule has 106 valence electrons. The van der Waals surface area contributed by atoms with Crippen LogP contribution >= 0.6 is 15.9 Å². The molecule has 0 amide bonds. The molecule has 1 aromatic carbocycles. The predicted octanol–water partition coefficient (Wildman–Crippen LogP) is 3.58. The number of hydrogen-bond donors (Lipinski definition) is 1. The van der Waals surface area contributed by atoms with E-state index >= 15 is 0 Å². The van der Waals surface area contributed by atoms with Gasteiger partial charge in [0, 0.05) is 29.8 Å². The van der Waals surface area contributed by atoms with Crippen LogP contribution in [0, 0.1) is 0 Å². The first kappa shape index (κ1) is 15.0. The zero-order chi connectivity index (χ0) is 14.2. The predicted molar refractivity (Wildman–Crippen MR) is 85.0 cm³/mol. The summed E-state index contributed by atoms with van der Waals surface area (Å²) in [5, 5.41) is 3.32. The van der Waals surface area contributed by atoms with Crippen LogP contribution in [0.4, 0.5) is 0 Å². The second-order valence-electron chi connectivity index (χ2n) is 4.49. The molecule has 3 nitrogen and oxygen atoms in total. The lowest BCUT2D eigenvalue weighted by Crippen LogP contribution is -2.12. The summed E-state index contributed by atoms with van der Waals surface area (Å²) >= 11 is 3.56. The quantitative estimate of drug-likeness (QED) is 0.840. The van der Waals surface area contributed by atoms with Crippen molar-refractivity contribution in [3.63, 3.8) is 0 Å². The highest BCUT2D eigenvalue weighted by Gasteiger charge is 2.02. The van der Waals surface area contributed by atoms with Gasteiger partial charge in [-0.05, 0) is 48.0 Å². The summed E-state index contributed by atoms with van der Waals surface area (Å²) in [6, 6.07) is 10.1. The van der Waals surface area contributed by atoms with Crippen molar-refractivity contribution in [3.05, 3.63) is 58.3 Å². The van der Waals surface area contributed by atoms with Gasteiger partial charge in [0.1, 0.15) is 5.75 Å². The molecule has 0 aliphatic heterocycles. The molecule has 4 heteroatoms. The SMILES string of the molecule is CCNCc1cc(OCCc2ccncc2)ccc1Br. The van der Waals surface area contributed by atoms with Gasteiger partial charge < -0.3 is 10.1 Å². The van der Waals surface area contributed by atoms with E-state index in [-0.39, 0.29) is 0 Å². The van der Waals surface area contributed by atoms with Crippen molar-refractivity contribution in [2.24, 2.45) is 0 Å². The molecule has 0 unspecified atom stereocenters. The first-order valence-electron chi connectivity index (χ1n) is 6.80. The fourth-order valence-electron chi connectivity index (χ4n) is 1.87. The van der Waals surface area contributed by atoms with Gasteiger partial charge in [0.25, 0.3) is 0 Å². The third kappa shape index (κ3) is 4.62. The number of nitrogens with one attached hydrogen (secondary N) is 1. The second-order valence-corrected chi connectivity index (χ2v) is 5.34. The van der Waals surface area contributed by atoms with Gasteiger partial charge in [-0.15, -0.1) is 0 Å². The van der Waals surface area contributed by atoms with Crippen LogP contribution in [0.3, 0.4) is 0 Å². The number of halogens is 1. The molecule has 2 aromatic rings. The molecule has 0 atom stereocenters. The van der Waals surface area contributed by atoms with E-state index < -0.39 is 0 Å². The van der Waals surface area contributed by atoms with Gasteiger partial charge in [0.15, 0.2) is 0 Å². The maximum absolute atomic E-state index is 5.82. The molecule has 0 fully saturated rings. The molecule has 0 saturated heterocycles. The zero-order valence-electron chi connectivity index (χ0n) is 11.6. The van der Waals surface area contributed by atoms with Crippen molar-refractivity contribution >= 4 is 15.9 Å². The molecule has 2 rings (SSSR count). The Bertz CT molecular complexity index is 531. The summed E-state index contributed by atoms with van der Waals surface area (Å²) in [4.78, 5) is 4.01. The minimum absolute atomic E-state index is 0.673. The molecule has 0 aliphatic rings. The number of pyridine rings is 1. The lowest BCUT2D eigenvalue weighted by atomic mass is 10.2. The topological polar surface area (TPSA) is 34.1 Å². The maximum atomic E-state index is 5.82. The largest absolute Gasteiger partial charge is 0.493 e. The second kappa shape index (κ2) is 8.02. The monoisotopic (exact) mass is 334 g/mol. The van der Waals surface area contributed by atoms with Crippen molar-refractivity contribution < 1.29 is 4.74 Å². The minimum Gasteiger partial charge on any atom is -0.493 e. The Labute approximate surface area is 128 Å². The standard InChI is InChI=1S/C16H19BrN2O/c1-2-18-12-14-11-15(3-4-16(14)17)20-10-7-13-5-8-19-9-6-13/h3-6,8-9,11,18H,2,7,10,12H2,1H3. The summed E-state index contributed by atoms with van der Waals surface area (Å²) in [6.07, 6.45) is 4.51. The Morgan fingerprint density at radius 2 is 2.00 bits per heavy atom. The number of benzene rings is 1. The van der Waals surface area contributed by atoms with Gasteiger partial charge in [-0.25, -0.2) is 0 Å². The van der Waals surface area contributed by atoms with Crippen LogP contribution in [0.25, 0.3) is 0 Å². The average molecular weight is 335 g/mol. The number of aromatic nitrogens is 1. The highest BCUT2D eigenvalue weighted by Crippen LogP contribution is 2.22. The molecule has 0 bridgehead atoms. The van der Waals surface area contributed by atoms with Crippen molar-refractivity contribution in [3.8, 4) is 5.75 Å². The summed E-state index contributed by atoms with van der Waals surface area (Å²) in [5.74, 6) is 0.912. The van der Waals surface area contributed by atoms with E-state index in [9.17, 15) is 0 Å². The highest BCUT2D eigenvalue weighted by molar-refractivity contribution is 9.10. The number of ether oxygens (including phenoxy) is 1. The van der Waals surface area contributed by atoms with Crippen LogP contribution in [0.15, 0.2) is 47.2 Å². The first-order chi connectivity index (χ1) is 9.79. The Kier molecular flexibility index (Phi) is 6.02. The van der Waals surface area contributed by atoms with Crippen LogP contribution in [-0.4, -0.2) is 18.1 Å². The van der Waals surface area contributed by atoms with Crippen LogP contribution in [0.2, 0.25) is 0 Å². The van der Waals surface area contributed by atoms with Crippen molar-refractivity contribution in [2.75, 3.05) is 13.2 Å². The van der Waals surface area contributed by atoms with Gasteiger partial charge in [-0.1, -0.05) is 22.9 Å². The fourth-order valence-corrected chi connectivity index (χ4v) is 2.26. The lowest BCUT2D eigenvalue weighted by Gasteiger charge is -2.10. The number of rotatable bonds is 7. The molecule has 1 aromatic heterocycles. The van der Waals surface area contributed by atoms with Crippen molar-refractivity contribution in [2.45, 2.75) is 19.9 Å². The molecule has 20 heavy (non-hydrogen) atoms. The Hall–Kier alpha value is -1.39. The summed E-state index contributed by atoms with van der Waals surface area (Å²) in [5.41, 5.74) is 2.46. The smallest absolute Gasteiger partial charge is 0.119 e. The van der Waals surface area contributed by atoms with Crippen LogP contribution in [0.1, 0.15) is 18.1 Å². The Balaban J connectivity index is 1.89. The van der Waals surface area contributed by atoms with Gasteiger partial charge in [0.05, 0.1) is 6.61 Å². The Morgan fingerprint density at radius 1 is 1.20 bits per heavy atom. The summed E-state index contributed by atoms with van der Waals surface area (Å²) < 4.78 is 6.93. The van der Waals surface area contributed by atoms with Crippen LogP contribution < -0.4 is 10.1 Å². The average Bonchev–Trinajstić information content (AvgIpc) is 2.49. The van der Waals surface area contributed by atoms with E-state index in [0.29, 0.717) is 6.61 Å². The molecule has 1 N–H and O–H groups in total. The van der Waals surface area contributed by atoms with E-state index in [2.05, 4.69) is 39.2 Å². The van der Waals surface area contributed by atoms with E-state index in [4.69, 9.17) is 4.74 Å². The van der Waals surface area contributed by atoms with E-state index in [1.807, 2.05) is 36.7 Å². The van der Waals surface area contributed by atoms with Gasteiger partial charge in [0.2, 0.25) is 0 Å². The summed E-state index contributed by atoms with van der Waals surface area (Å²) in [7, 11) is 0. The zero-order valence-corrected chi connectivity index (χ0v) is 13.2. The molecular weight excluding hydrogens is 316 g/mol. The van der Waals surface area contributed by atoms with Crippen LogP contribution in [0.5, 0.6) is 5.75 Å². The molecule has 0 spiro atoms. The molecule has 1 heterocycles. The number of hydrogen-bond acceptors (Lipinski definition) is 3. The van der Waals surface area contributed by atoms with E-state index in [1.54, 1.807) is 0 Å². The molecule has 0 aliphatic carbocycles. The third-order valence-electron chi connectivity index (χ3n) is 2.99. The molecule has 0 radical (unpaired) electrons. The van der Waals surface area contributed by atoms with Crippen molar-refractivity contribution in [1.29, 1.82) is 0 Å². The molecular formula is C16H19BrN2O. The minimum atomic E-state index is 0.673. The fraction of sp³-hybridized carbons (Fsp3) is 0.312. The molecule has 0 saturated carbocycles. The van der Waals surface area contributed by atoms with Gasteiger partial charge >= 0.3 is 0 Å². The Morgan fingerprint density at radius 3 is 2.75 bits per heavy atom. The van der Waals surface area contributed by atoms with Gasteiger partial charge in [-0.3, -0.25) is 4.98 Å². The number of nitrogens with zero attached hydrogens (tertiary/aromatic N) is 1. The van der Waals surface area contributed by atoms with E-state index in [0.717, 1.165) is 29.7 Å².